The molecule has 2 aromatic rings. The third kappa shape index (κ3) is 8.31. The topological polar surface area (TPSA) is 134 Å². The number of carbonyl (C=O) groups is 2. The van der Waals surface area contributed by atoms with Crippen molar-refractivity contribution in [3.05, 3.63) is 64.6 Å². The number of hydrogen-bond acceptors (Lipinski definition) is 8. The lowest BCUT2D eigenvalue weighted by Crippen LogP contribution is -2.38. The van der Waals surface area contributed by atoms with Crippen LogP contribution in [0.5, 0.6) is 11.5 Å². The van der Waals surface area contributed by atoms with E-state index < -0.39 is 24.9 Å². The second-order valence-corrected chi connectivity index (χ2v) is 6.04. The summed E-state index contributed by atoms with van der Waals surface area (Å²) >= 11 is 0. The number of hydrazone groups is 2. The molecular weight excluding hydrogens is 404 g/mol. The predicted molar refractivity (Wildman–Crippen MR) is 115 cm³/mol. The van der Waals surface area contributed by atoms with E-state index in [-0.39, 0.29) is 0 Å². The van der Waals surface area contributed by atoms with Crippen LogP contribution in [0.2, 0.25) is 0 Å². The molecule has 0 spiro atoms. The number of amides is 2. The summed E-state index contributed by atoms with van der Waals surface area (Å²) in [6.07, 6.45) is 2.85. The van der Waals surface area contributed by atoms with Crippen LogP contribution in [0.25, 0.3) is 0 Å². The van der Waals surface area contributed by atoms with Gasteiger partial charge in [-0.3, -0.25) is 9.59 Å². The molecule has 0 aliphatic carbocycles. The zero-order valence-electron chi connectivity index (χ0n) is 17.0. The summed E-state index contributed by atoms with van der Waals surface area (Å²) in [5.74, 6) is 0.166. The van der Waals surface area contributed by atoms with Crippen molar-refractivity contribution < 1.29 is 19.1 Å². The number of hydrogen-bond donors (Lipinski definition) is 2. The molecule has 2 amide bonds. The summed E-state index contributed by atoms with van der Waals surface area (Å²) < 4.78 is 10.1. The molecule has 162 valence electrons. The van der Waals surface area contributed by atoms with Crippen molar-refractivity contribution in [3.8, 4) is 11.5 Å². The van der Waals surface area contributed by atoms with Crippen molar-refractivity contribution in [1.29, 1.82) is 0 Å². The Hall–Kier alpha value is -4.28. The third-order valence-electron chi connectivity index (χ3n) is 3.81. The van der Waals surface area contributed by atoms with Crippen molar-refractivity contribution in [3.63, 3.8) is 0 Å². The fourth-order valence-corrected chi connectivity index (χ4v) is 2.25. The average molecular weight is 426 g/mol. The lowest BCUT2D eigenvalue weighted by Gasteiger charge is -2.12. The second kappa shape index (κ2) is 12.3. The molecule has 2 rings (SSSR count). The first kappa shape index (κ1) is 23.0. The second-order valence-electron chi connectivity index (χ2n) is 6.04. The summed E-state index contributed by atoms with van der Waals surface area (Å²) in [6, 6.07) is 14.0. The minimum absolute atomic E-state index is 0.445. The smallest absolute Gasteiger partial charge is 0.261 e. The molecule has 0 fully saturated rings. The minimum atomic E-state index is -0.612. The van der Waals surface area contributed by atoms with E-state index in [2.05, 4.69) is 26.3 Å². The molecule has 0 aliphatic rings. The Kier molecular flexibility index (Phi) is 9.14. The maximum Gasteiger partial charge on any atom is 0.261 e. The van der Waals surface area contributed by atoms with Gasteiger partial charge in [0.15, 0.2) is 0 Å². The SMILES string of the molecule is COc1ccc(C=NNC(=O)CN(CC(=O)NN=Cc2ccc(OC)cc2)N=O)cc1. The van der Waals surface area contributed by atoms with Gasteiger partial charge in [-0.25, -0.2) is 15.9 Å². The molecule has 0 radical (unpaired) electrons. The monoisotopic (exact) mass is 426 g/mol. The zero-order chi connectivity index (χ0) is 22.5. The highest BCUT2D eigenvalue weighted by atomic mass is 16.5. The molecule has 2 aromatic carbocycles. The van der Waals surface area contributed by atoms with E-state index >= 15 is 0 Å². The van der Waals surface area contributed by atoms with Crippen LogP contribution in [0.15, 0.2) is 64.0 Å². The largest absolute Gasteiger partial charge is 0.497 e. The average Bonchev–Trinajstić information content (AvgIpc) is 2.79. The number of nitroso groups, excluding NO2 is 1. The van der Waals surface area contributed by atoms with Crippen LogP contribution >= 0.6 is 0 Å². The minimum Gasteiger partial charge on any atom is -0.497 e. The lowest BCUT2D eigenvalue weighted by atomic mass is 10.2. The molecule has 0 heterocycles. The van der Waals surface area contributed by atoms with Crippen LogP contribution in [-0.2, 0) is 9.59 Å². The summed E-state index contributed by atoms with van der Waals surface area (Å²) in [7, 11) is 3.12. The van der Waals surface area contributed by atoms with Gasteiger partial charge in [0.25, 0.3) is 11.8 Å². The highest BCUT2D eigenvalue weighted by molar-refractivity contribution is 5.85. The van der Waals surface area contributed by atoms with Gasteiger partial charge in [-0.05, 0) is 59.7 Å². The van der Waals surface area contributed by atoms with Crippen molar-refractivity contribution >= 4 is 24.2 Å². The molecule has 2 N–H and O–H groups in total. The number of rotatable bonds is 11. The molecule has 0 atom stereocenters. The summed E-state index contributed by atoms with van der Waals surface area (Å²) in [5, 5.41) is 11.0. The quantitative estimate of drug-likeness (QED) is 0.316. The van der Waals surface area contributed by atoms with E-state index in [1.807, 2.05) is 0 Å². The van der Waals surface area contributed by atoms with Crippen LogP contribution < -0.4 is 20.3 Å². The highest BCUT2D eigenvalue weighted by Crippen LogP contribution is 2.10. The molecule has 0 saturated carbocycles. The van der Waals surface area contributed by atoms with Gasteiger partial charge in [0.2, 0.25) is 0 Å². The van der Waals surface area contributed by atoms with Gasteiger partial charge in [-0.2, -0.15) is 10.2 Å². The van der Waals surface area contributed by atoms with Crippen LogP contribution in [0.4, 0.5) is 0 Å². The molecular formula is C20H22N6O5. The Balaban J connectivity index is 1.75. The number of ether oxygens (including phenoxy) is 2. The van der Waals surface area contributed by atoms with Crippen molar-refractivity contribution in [2.24, 2.45) is 15.5 Å². The fourth-order valence-electron chi connectivity index (χ4n) is 2.25. The third-order valence-corrected chi connectivity index (χ3v) is 3.81. The normalized spacial score (nSPS) is 10.6. The van der Waals surface area contributed by atoms with Gasteiger partial charge < -0.3 is 9.47 Å². The Morgan fingerprint density at radius 3 is 1.52 bits per heavy atom. The standard InChI is InChI=1S/C20H22N6O5/c1-30-17-7-3-15(4-8-17)11-21-23-19(27)13-26(25-29)14-20(28)24-22-12-16-5-9-18(31-2)10-6-16/h3-12H,13-14H2,1-2H3,(H,23,27)(H,24,28). The van der Waals surface area contributed by atoms with Gasteiger partial charge in [0, 0.05) is 0 Å². The summed E-state index contributed by atoms with van der Waals surface area (Å²) in [5.41, 5.74) is 5.99. The number of nitrogens with one attached hydrogen (secondary N) is 2. The molecule has 31 heavy (non-hydrogen) atoms. The predicted octanol–water partition coefficient (Wildman–Crippen LogP) is 1.29. The molecule has 0 unspecified atom stereocenters. The fraction of sp³-hybridized carbons (Fsp3) is 0.200. The first-order valence-electron chi connectivity index (χ1n) is 9.04. The van der Waals surface area contributed by atoms with Crippen molar-refractivity contribution in [2.45, 2.75) is 0 Å². The molecule has 11 nitrogen and oxygen atoms in total. The van der Waals surface area contributed by atoms with Crippen molar-refractivity contribution in [1.82, 2.24) is 15.9 Å². The lowest BCUT2D eigenvalue weighted by molar-refractivity contribution is -0.125. The van der Waals surface area contributed by atoms with E-state index in [0.29, 0.717) is 11.5 Å². The first-order chi connectivity index (χ1) is 15.0. The van der Waals surface area contributed by atoms with E-state index in [1.165, 1.54) is 12.4 Å². The summed E-state index contributed by atoms with van der Waals surface area (Å²) in [4.78, 5) is 34.7. The Bertz CT molecular complexity index is 855. The number of carbonyl (C=O) groups excluding carboxylic acids is 2. The Morgan fingerprint density at radius 2 is 1.19 bits per heavy atom. The Labute approximate surface area is 178 Å². The van der Waals surface area contributed by atoms with Gasteiger partial charge in [-0.15, -0.1) is 4.91 Å². The molecule has 0 aromatic heterocycles. The zero-order valence-corrected chi connectivity index (χ0v) is 17.0. The maximum absolute atomic E-state index is 11.9. The number of nitrogens with zero attached hydrogens (tertiary/aromatic N) is 4. The van der Waals surface area contributed by atoms with Gasteiger partial charge >= 0.3 is 0 Å². The molecule has 0 saturated heterocycles. The van der Waals surface area contributed by atoms with Crippen LogP contribution in [0.3, 0.4) is 0 Å². The molecule has 0 aliphatic heterocycles. The van der Waals surface area contributed by atoms with Crippen LogP contribution in [0, 0.1) is 4.91 Å². The maximum atomic E-state index is 11.9. The van der Waals surface area contributed by atoms with E-state index in [1.54, 1.807) is 62.8 Å². The molecule has 11 heteroatoms. The number of benzene rings is 2. The van der Waals surface area contributed by atoms with E-state index in [4.69, 9.17) is 9.47 Å². The first-order valence-corrected chi connectivity index (χ1v) is 9.04. The highest BCUT2D eigenvalue weighted by Gasteiger charge is 2.13. The number of methoxy groups -OCH3 is 2. The summed E-state index contributed by atoms with van der Waals surface area (Å²) in [6.45, 7) is -0.891. The van der Waals surface area contributed by atoms with Gasteiger partial charge in [-0.1, -0.05) is 0 Å². The Morgan fingerprint density at radius 1 is 0.806 bits per heavy atom. The van der Waals surface area contributed by atoms with Crippen LogP contribution in [0.1, 0.15) is 11.1 Å². The van der Waals surface area contributed by atoms with Gasteiger partial charge in [0.1, 0.15) is 24.6 Å². The van der Waals surface area contributed by atoms with Gasteiger partial charge in [0.05, 0.1) is 31.9 Å². The molecule has 0 bridgehead atoms. The van der Waals surface area contributed by atoms with Crippen LogP contribution in [-0.4, -0.2) is 56.6 Å². The van der Waals surface area contributed by atoms with Crippen molar-refractivity contribution in [2.75, 3.05) is 27.3 Å². The van der Waals surface area contributed by atoms with E-state index in [0.717, 1.165) is 16.1 Å². The van der Waals surface area contributed by atoms with E-state index in [9.17, 15) is 14.5 Å².